The summed E-state index contributed by atoms with van der Waals surface area (Å²) in [7, 11) is 3.33. The Kier molecular flexibility index (Phi) is 7.89. The summed E-state index contributed by atoms with van der Waals surface area (Å²) in [6.45, 7) is 17.0. The molecule has 0 radical (unpaired) electrons. The third-order valence-corrected chi connectivity index (χ3v) is 13.5. The third-order valence-electron chi connectivity index (χ3n) is 13.5. The Morgan fingerprint density at radius 2 is 1.76 bits per heavy atom. The van der Waals surface area contributed by atoms with E-state index in [1.54, 1.807) is 14.2 Å². The SMILES string of the molecule is CO[C@H]1O[C@@H]([C@H](O)C(C)(C)OC)CC1[C@@H]1CC=C2[C@@]3(C)C(CC[C@]21C)[C@@]1(C)CC[C@@H](OC(C)=O)C(C)(C)[C@@H]1C[C@H]3O. The lowest BCUT2D eigenvalue weighted by atomic mass is 9.37. The maximum atomic E-state index is 12.1. The largest absolute Gasteiger partial charge is 0.462 e. The van der Waals surface area contributed by atoms with Crippen molar-refractivity contribution in [1.82, 2.24) is 0 Å². The molecule has 4 fully saturated rings. The molecule has 1 heterocycles. The number of methoxy groups -OCH3 is 2. The fourth-order valence-corrected chi connectivity index (χ4v) is 11.1. The first-order valence-corrected chi connectivity index (χ1v) is 16.0. The molecule has 7 heteroatoms. The van der Waals surface area contributed by atoms with Crippen molar-refractivity contribution in [1.29, 1.82) is 0 Å². The molecule has 4 aliphatic carbocycles. The van der Waals surface area contributed by atoms with Crippen LogP contribution in [0.1, 0.15) is 100 Å². The number of carbonyl (C=O) groups is 1. The molecule has 5 rings (SSSR count). The van der Waals surface area contributed by atoms with Gasteiger partial charge in [0.2, 0.25) is 0 Å². The van der Waals surface area contributed by atoms with Crippen LogP contribution in [0.25, 0.3) is 0 Å². The quantitative estimate of drug-likeness (QED) is 0.311. The maximum Gasteiger partial charge on any atom is 0.302 e. The molecule has 41 heavy (non-hydrogen) atoms. The van der Waals surface area contributed by atoms with Gasteiger partial charge in [-0.1, -0.05) is 46.3 Å². The molecule has 0 aromatic carbocycles. The lowest BCUT2D eigenvalue weighted by Gasteiger charge is -2.68. The van der Waals surface area contributed by atoms with Crippen LogP contribution in [-0.4, -0.2) is 66.7 Å². The molecule has 7 nitrogen and oxygen atoms in total. The second-order valence-corrected chi connectivity index (χ2v) is 16.0. The Labute approximate surface area is 247 Å². The highest BCUT2D eigenvalue weighted by molar-refractivity contribution is 5.66. The van der Waals surface area contributed by atoms with Gasteiger partial charge < -0.3 is 29.2 Å². The molecule has 2 unspecified atom stereocenters. The van der Waals surface area contributed by atoms with Crippen molar-refractivity contribution in [2.75, 3.05) is 14.2 Å². The van der Waals surface area contributed by atoms with Gasteiger partial charge >= 0.3 is 5.97 Å². The number of rotatable bonds is 6. The van der Waals surface area contributed by atoms with Crippen LogP contribution in [0.3, 0.4) is 0 Å². The van der Waals surface area contributed by atoms with Gasteiger partial charge in [-0.05, 0) is 87.4 Å². The zero-order valence-corrected chi connectivity index (χ0v) is 27.2. The van der Waals surface area contributed by atoms with Gasteiger partial charge in [-0.15, -0.1) is 0 Å². The van der Waals surface area contributed by atoms with E-state index in [9.17, 15) is 15.0 Å². The molecule has 1 saturated heterocycles. The van der Waals surface area contributed by atoms with Crippen LogP contribution in [0.5, 0.6) is 0 Å². The highest BCUT2D eigenvalue weighted by Gasteiger charge is 2.69. The number of allylic oxidation sites excluding steroid dienone is 1. The molecule has 0 amide bonds. The molecule has 2 N–H and O–H groups in total. The Balaban J connectivity index is 1.43. The summed E-state index contributed by atoms with van der Waals surface area (Å²) in [5, 5.41) is 23.3. The van der Waals surface area contributed by atoms with Gasteiger partial charge in [-0.25, -0.2) is 0 Å². The van der Waals surface area contributed by atoms with Gasteiger partial charge in [0.05, 0.1) is 17.8 Å². The van der Waals surface area contributed by atoms with Crippen molar-refractivity contribution in [3.8, 4) is 0 Å². The highest BCUT2D eigenvalue weighted by atomic mass is 16.7. The van der Waals surface area contributed by atoms with Crippen LogP contribution in [-0.2, 0) is 23.7 Å². The number of hydrogen-bond acceptors (Lipinski definition) is 7. The fourth-order valence-electron chi connectivity index (χ4n) is 11.1. The Morgan fingerprint density at radius 1 is 1.07 bits per heavy atom. The summed E-state index contributed by atoms with van der Waals surface area (Å²) in [6, 6.07) is 0. The Morgan fingerprint density at radius 3 is 2.37 bits per heavy atom. The number of carbonyl (C=O) groups excluding carboxylic acids is 1. The van der Waals surface area contributed by atoms with E-state index in [4.69, 9.17) is 18.9 Å². The van der Waals surface area contributed by atoms with E-state index < -0.39 is 17.8 Å². The summed E-state index contributed by atoms with van der Waals surface area (Å²) in [6.07, 6.45) is 6.79. The van der Waals surface area contributed by atoms with Crippen LogP contribution >= 0.6 is 0 Å². The van der Waals surface area contributed by atoms with Gasteiger partial charge in [-0.3, -0.25) is 4.79 Å². The minimum Gasteiger partial charge on any atom is -0.462 e. The molecule has 12 atom stereocenters. The number of esters is 1. The minimum atomic E-state index is -0.757. The number of ether oxygens (including phenoxy) is 4. The molecule has 3 saturated carbocycles. The summed E-state index contributed by atoms with van der Waals surface area (Å²) >= 11 is 0. The molecule has 0 aromatic heterocycles. The average Bonchev–Trinajstić information content (AvgIpc) is 3.48. The summed E-state index contributed by atoms with van der Waals surface area (Å²) < 4.78 is 23.7. The normalized spacial score (nSPS) is 48.0. The van der Waals surface area contributed by atoms with Crippen LogP contribution in [0.4, 0.5) is 0 Å². The molecule has 234 valence electrons. The van der Waals surface area contributed by atoms with E-state index >= 15 is 0 Å². The van der Waals surface area contributed by atoms with Gasteiger partial charge in [0, 0.05) is 37.9 Å². The van der Waals surface area contributed by atoms with Crippen LogP contribution in [0, 0.1) is 45.3 Å². The van der Waals surface area contributed by atoms with Crippen molar-refractivity contribution >= 4 is 5.97 Å². The Hall–Kier alpha value is -0.990. The number of hydrogen-bond donors (Lipinski definition) is 2. The lowest BCUT2D eigenvalue weighted by molar-refractivity contribution is -0.221. The molecule has 5 aliphatic rings. The first-order valence-electron chi connectivity index (χ1n) is 16.0. The smallest absolute Gasteiger partial charge is 0.302 e. The van der Waals surface area contributed by atoms with Crippen molar-refractivity contribution in [2.45, 2.75) is 137 Å². The van der Waals surface area contributed by atoms with E-state index in [1.165, 1.54) is 12.5 Å². The predicted molar refractivity (Wildman–Crippen MR) is 157 cm³/mol. The molecular weight excluding hydrogens is 520 g/mol. The van der Waals surface area contributed by atoms with E-state index in [2.05, 4.69) is 40.7 Å². The van der Waals surface area contributed by atoms with Crippen molar-refractivity contribution in [3.05, 3.63) is 11.6 Å². The minimum absolute atomic E-state index is 0.0564. The van der Waals surface area contributed by atoms with E-state index in [0.717, 1.165) is 44.9 Å². The highest BCUT2D eigenvalue weighted by Crippen LogP contribution is 2.73. The topological polar surface area (TPSA) is 94.5 Å². The third kappa shape index (κ3) is 4.50. The van der Waals surface area contributed by atoms with Crippen LogP contribution < -0.4 is 0 Å². The average molecular weight is 577 g/mol. The molecular formula is C34H56O7. The second kappa shape index (κ2) is 10.3. The van der Waals surface area contributed by atoms with Gasteiger partial charge in [0.25, 0.3) is 0 Å². The van der Waals surface area contributed by atoms with Crippen LogP contribution in [0.15, 0.2) is 11.6 Å². The van der Waals surface area contributed by atoms with E-state index in [1.807, 2.05) is 13.8 Å². The zero-order valence-electron chi connectivity index (χ0n) is 27.2. The molecule has 0 aromatic rings. The fraction of sp³-hybridized carbons (Fsp3) is 0.912. The first-order chi connectivity index (χ1) is 19.0. The lowest BCUT2D eigenvalue weighted by Crippen LogP contribution is -2.65. The second-order valence-electron chi connectivity index (χ2n) is 16.0. The number of fused-ring (bicyclic) bond motifs is 5. The summed E-state index contributed by atoms with van der Waals surface area (Å²) in [5.74, 6) is 0.880. The number of aliphatic hydroxyl groups is 2. The Bertz CT molecular complexity index is 1050. The molecule has 1 aliphatic heterocycles. The first kappa shape index (κ1) is 31.4. The summed E-state index contributed by atoms with van der Waals surface area (Å²) in [4.78, 5) is 11.9. The van der Waals surface area contributed by atoms with Crippen LogP contribution in [0.2, 0.25) is 0 Å². The maximum absolute atomic E-state index is 12.1. The van der Waals surface area contributed by atoms with Gasteiger partial charge in [0.1, 0.15) is 12.2 Å². The molecule has 0 bridgehead atoms. The van der Waals surface area contributed by atoms with Crippen molar-refractivity contribution < 1.29 is 34.0 Å². The number of aliphatic hydroxyl groups excluding tert-OH is 2. The summed E-state index contributed by atoms with van der Waals surface area (Å²) in [5.41, 5.74) is 0.188. The van der Waals surface area contributed by atoms with E-state index in [-0.39, 0.29) is 58.0 Å². The van der Waals surface area contributed by atoms with Crippen molar-refractivity contribution in [2.24, 2.45) is 45.3 Å². The predicted octanol–water partition coefficient (Wildman–Crippen LogP) is 5.66. The standard InChI is InChI=1S/C34H56O7/c1-19(35)40-27-14-16-33(7)24-13-15-32(6)21(20-17-22(41-29(20)38-9)28(37)31(4,5)39-10)11-12-23(32)34(24,8)26(36)18-25(33)30(27,2)3/h12,20-22,24-29,36-37H,11,13-18H2,1-10H3/t20?,21-,22+,24?,25-,26+,27+,28-,29-,32-,33+,34-/m0/s1. The van der Waals surface area contributed by atoms with Gasteiger partial charge in [0.15, 0.2) is 6.29 Å². The van der Waals surface area contributed by atoms with Gasteiger partial charge in [-0.2, -0.15) is 0 Å². The monoisotopic (exact) mass is 576 g/mol. The van der Waals surface area contributed by atoms with Crippen molar-refractivity contribution in [3.63, 3.8) is 0 Å². The zero-order chi connectivity index (χ0) is 30.3. The van der Waals surface area contributed by atoms with E-state index in [0.29, 0.717) is 11.8 Å². The molecule has 0 spiro atoms.